The Morgan fingerprint density at radius 3 is 2.65 bits per heavy atom. The Balaban J connectivity index is 1.38. The van der Waals surface area contributed by atoms with Crippen molar-refractivity contribution in [1.29, 1.82) is 0 Å². The number of nitrogens with zero attached hydrogens (tertiary/aromatic N) is 1. The summed E-state index contributed by atoms with van der Waals surface area (Å²) in [5.74, 6) is 0. The second kappa shape index (κ2) is 5.47. The summed E-state index contributed by atoms with van der Waals surface area (Å²) in [5, 5.41) is 3.84. The minimum atomic E-state index is 0.387. The summed E-state index contributed by atoms with van der Waals surface area (Å²) in [6.07, 6.45) is 5.44. The van der Waals surface area contributed by atoms with Gasteiger partial charge in [0.1, 0.15) is 0 Å². The molecule has 3 heteroatoms. The Labute approximate surface area is 121 Å². The molecule has 0 aromatic heterocycles. The van der Waals surface area contributed by atoms with E-state index < -0.39 is 0 Å². The minimum absolute atomic E-state index is 0.387. The summed E-state index contributed by atoms with van der Waals surface area (Å²) in [5.41, 5.74) is 2.80. The van der Waals surface area contributed by atoms with Crippen LogP contribution in [0.2, 0.25) is 0 Å². The molecule has 1 unspecified atom stereocenters. The lowest BCUT2D eigenvalue weighted by Gasteiger charge is -2.36. The molecule has 1 N–H and O–H groups in total. The monoisotopic (exact) mass is 272 g/mol. The van der Waals surface area contributed by atoms with Gasteiger partial charge in [-0.1, -0.05) is 24.3 Å². The fourth-order valence-corrected chi connectivity index (χ4v) is 3.68. The fourth-order valence-electron chi connectivity index (χ4n) is 3.68. The molecular formula is C17H24N2O. The highest BCUT2D eigenvalue weighted by Gasteiger charge is 2.32. The topological polar surface area (TPSA) is 24.5 Å². The Kier molecular flexibility index (Phi) is 3.51. The van der Waals surface area contributed by atoms with E-state index in [1.807, 2.05) is 0 Å². The van der Waals surface area contributed by atoms with E-state index in [0.717, 1.165) is 19.3 Å². The first-order chi connectivity index (χ1) is 9.90. The van der Waals surface area contributed by atoms with Crippen molar-refractivity contribution in [2.75, 3.05) is 19.7 Å². The van der Waals surface area contributed by atoms with Crippen LogP contribution in [0, 0.1) is 0 Å². The molecular weight excluding hydrogens is 248 g/mol. The fraction of sp³-hybridized carbons (Fsp3) is 0.647. The highest BCUT2D eigenvalue weighted by molar-refractivity contribution is 5.31. The van der Waals surface area contributed by atoms with Gasteiger partial charge in [0.2, 0.25) is 0 Å². The zero-order valence-electron chi connectivity index (χ0n) is 12.1. The Morgan fingerprint density at radius 1 is 1.05 bits per heavy atom. The standard InChI is InChI=1S/C17H24N2O/c1-2-4-16-13(3-1)11-20-12-17(16)18-14-7-9-19(10-8-14)15-5-6-15/h1-4,14-15,17-18H,5-12H2. The predicted molar refractivity (Wildman–Crippen MR) is 79.6 cm³/mol. The number of nitrogens with one attached hydrogen (secondary N) is 1. The molecule has 0 spiro atoms. The lowest BCUT2D eigenvalue weighted by Crippen LogP contribution is -2.45. The summed E-state index contributed by atoms with van der Waals surface area (Å²) in [6.45, 7) is 4.14. The maximum Gasteiger partial charge on any atom is 0.0721 e. The van der Waals surface area contributed by atoms with Gasteiger partial charge in [-0.15, -0.1) is 0 Å². The molecule has 1 aromatic carbocycles. The minimum Gasteiger partial charge on any atom is -0.375 e. The molecule has 4 rings (SSSR count). The highest BCUT2D eigenvalue weighted by Crippen LogP contribution is 2.30. The number of fused-ring (bicyclic) bond motifs is 1. The van der Waals surface area contributed by atoms with Crippen molar-refractivity contribution in [3.63, 3.8) is 0 Å². The maximum atomic E-state index is 5.75. The number of benzene rings is 1. The quantitative estimate of drug-likeness (QED) is 0.915. The van der Waals surface area contributed by atoms with E-state index >= 15 is 0 Å². The molecule has 1 aromatic rings. The zero-order valence-corrected chi connectivity index (χ0v) is 12.1. The Bertz CT molecular complexity index is 464. The van der Waals surface area contributed by atoms with E-state index in [0.29, 0.717) is 12.1 Å². The zero-order chi connectivity index (χ0) is 13.4. The summed E-state index contributed by atoms with van der Waals surface area (Å²) in [6, 6.07) is 10.7. The number of piperidine rings is 1. The first-order valence-electron chi connectivity index (χ1n) is 8.06. The molecule has 0 radical (unpaired) electrons. The smallest absolute Gasteiger partial charge is 0.0721 e. The first kappa shape index (κ1) is 12.8. The van der Waals surface area contributed by atoms with Crippen LogP contribution in [0.1, 0.15) is 42.9 Å². The van der Waals surface area contributed by atoms with Crippen LogP contribution in [0.5, 0.6) is 0 Å². The Morgan fingerprint density at radius 2 is 1.85 bits per heavy atom. The SMILES string of the molecule is c1ccc2c(c1)COCC2NC1CCN(C2CC2)CC1. The van der Waals surface area contributed by atoms with Crippen LogP contribution < -0.4 is 5.32 Å². The Hall–Kier alpha value is -0.900. The number of likely N-dealkylation sites (tertiary alicyclic amines) is 1. The van der Waals surface area contributed by atoms with E-state index in [1.165, 1.54) is 49.9 Å². The molecule has 1 saturated heterocycles. The van der Waals surface area contributed by atoms with Gasteiger partial charge in [-0.3, -0.25) is 0 Å². The van der Waals surface area contributed by atoms with Crippen LogP contribution in [-0.2, 0) is 11.3 Å². The molecule has 20 heavy (non-hydrogen) atoms. The molecule has 1 saturated carbocycles. The molecule has 3 nitrogen and oxygen atoms in total. The second-order valence-corrected chi connectivity index (χ2v) is 6.47. The lowest BCUT2D eigenvalue weighted by atomic mass is 9.96. The van der Waals surface area contributed by atoms with Crippen molar-refractivity contribution in [3.05, 3.63) is 35.4 Å². The van der Waals surface area contributed by atoms with Crippen LogP contribution in [0.15, 0.2) is 24.3 Å². The second-order valence-electron chi connectivity index (χ2n) is 6.47. The maximum absolute atomic E-state index is 5.75. The molecule has 108 valence electrons. The molecule has 1 atom stereocenters. The molecule has 0 amide bonds. The average Bonchev–Trinajstić information content (AvgIpc) is 3.33. The van der Waals surface area contributed by atoms with E-state index in [1.54, 1.807) is 0 Å². The average molecular weight is 272 g/mol. The predicted octanol–water partition coefficient (Wildman–Crippen LogP) is 2.47. The molecule has 1 aliphatic carbocycles. The van der Waals surface area contributed by atoms with Gasteiger partial charge in [0.15, 0.2) is 0 Å². The van der Waals surface area contributed by atoms with Crippen molar-refractivity contribution in [1.82, 2.24) is 10.2 Å². The van der Waals surface area contributed by atoms with E-state index in [-0.39, 0.29) is 0 Å². The third-order valence-corrected chi connectivity index (χ3v) is 5.00. The van der Waals surface area contributed by atoms with E-state index in [2.05, 4.69) is 34.5 Å². The summed E-state index contributed by atoms with van der Waals surface area (Å²) in [7, 11) is 0. The van der Waals surface area contributed by atoms with Gasteiger partial charge in [0.25, 0.3) is 0 Å². The van der Waals surface area contributed by atoms with Gasteiger partial charge >= 0.3 is 0 Å². The van der Waals surface area contributed by atoms with Gasteiger partial charge in [0, 0.05) is 12.1 Å². The summed E-state index contributed by atoms with van der Waals surface area (Å²) in [4.78, 5) is 2.68. The van der Waals surface area contributed by atoms with Gasteiger partial charge in [0.05, 0.1) is 19.3 Å². The van der Waals surface area contributed by atoms with Crippen LogP contribution >= 0.6 is 0 Å². The molecule has 2 heterocycles. The van der Waals surface area contributed by atoms with Crippen molar-refractivity contribution in [2.24, 2.45) is 0 Å². The number of hydrogen-bond acceptors (Lipinski definition) is 3. The summed E-state index contributed by atoms with van der Waals surface area (Å²) < 4.78 is 5.75. The largest absolute Gasteiger partial charge is 0.375 e. The van der Waals surface area contributed by atoms with Gasteiger partial charge in [-0.05, 0) is 49.9 Å². The number of rotatable bonds is 3. The van der Waals surface area contributed by atoms with Gasteiger partial charge < -0.3 is 15.0 Å². The van der Waals surface area contributed by atoms with Crippen LogP contribution in [0.25, 0.3) is 0 Å². The van der Waals surface area contributed by atoms with E-state index in [9.17, 15) is 0 Å². The van der Waals surface area contributed by atoms with Crippen LogP contribution in [0.3, 0.4) is 0 Å². The summed E-state index contributed by atoms with van der Waals surface area (Å²) >= 11 is 0. The molecule has 3 aliphatic rings. The van der Waals surface area contributed by atoms with Crippen LogP contribution in [-0.4, -0.2) is 36.7 Å². The third kappa shape index (κ3) is 2.62. The van der Waals surface area contributed by atoms with E-state index in [4.69, 9.17) is 4.74 Å². The van der Waals surface area contributed by atoms with Crippen molar-refractivity contribution >= 4 is 0 Å². The number of ether oxygens (including phenoxy) is 1. The van der Waals surface area contributed by atoms with Crippen LogP contribution in [0.4, 0.5) is 0 Å². The highest BCUT2D eigenvalue weighted by atomic mass is 16.5. The van der Waals surface area contributed by atoms with Crippen molar-refractivity contribution < 1.29 is 4.74 Å². The normalized spacial score (nSPS) is 28.3. The first-order valence-corrected chi connectivity index (χ1v) is 8.06. The van der Waals surface area contributed by atoms with Crippen molar-refractivity contribution in [2.45, 2.75) is 50.4 Å². The molecule has 2 aliphatic heterocycles. The number of hydrogen-bond donors (Lipinski definition) is 1. The van der Waals surface area contributed by atoms with Crippen molar-refractivity contribution in [3.8, 4) is 0 Å². The molecule has 2 fully saturated rings. The van der Waals surface area contributed by atoms with Gasteiger partial charge in [-0.2, -0.15) is 0 Å². The van der Waals surface area contributed by atoms with Gasteiger partial charge in [-0.25, -0.2) is 0 Å². The molecule has 0 bridgehead atoms. The third-order valence-electron chi connectivity index (χ3n) is 5.00. The lowest BCUT2D eigenvalue weighted by molar-refractivity contribution is 0.0729.